The number of hydrogen-bond acceptors (Lipinski definition) is 0. The van der Waals surface area contributed by atoms with Crippen molar-refractivity contribution in [3.8, 4) is 0 Å². The van der Waals surface area contributed by atoms with E-state index in [1.165, 1.54) is 0 Å². The van der Waals surface area contributed by atoms with Crippen LogP contribution in [0.15, 0.2) is 0 Å². The minimum atomic E-state index is 0. The van der Waals surface area contributed by atoms with Crippen LogP contribution in [-0.4, -0.2) is 0 Å². The van der Waals surface area contributed by atoms with E-state index in [0.717, 1.165) is 6.42 Å². The molecule has 7 heavy (non-hydrogen) atoms. The molecule has 40 valence electrons. The van der Waals surface area contributed by atoms with Crippen LogP contribution in [-0.2, 0) is 0 Å². The molecule has 0 bridgehead atoms. The molecular weight excluding hydrogens is 205 g/mol. The fourth-order valence-corrected chi connectivity index (χ4v) is 0. The summed E-state index contributed by atoms with van der Waals surface area (Å²) in [5.74, 6) is 0.523. The van der Waals surface area contributed by atoms with Crippen molar-refractivity contribution in [1.29, 1.82) is 0 Å². The van der Waals surface area contributed by atoms with Gasteiger partial charge in [-0.1, -0.05) is 6.92 Å². The molecule has 0 radical (unpaired) electrons. The molecule has 0 fully saturated rings. The Hall–Kier alpha value is 2.05. The van der Waals surface area contributed by atoms with Gasteiger partial charge in [0, 0.05) is 0 Å². The fraction of sp³-hybridized carbons (Fsp3) is 0.500. The molecule has 0 aromatic carbocycles. The van der Waals surface area contributed by atoms with Crippen LogP contribution in [0.1, 0.15) is 13.3 Å². The second kappa shape index (κ2) is 10.9. The van der Waals surface area contributed by atoms with Crippen LogP contribution >= 0.6 is 0 Å². The molecule has 0 aromatic heterocycles. The average molecular weight is 218 g/mol. The van der Waals surface area contributed by atoms with E-state index in [2.05, 4.69) is 13.8 Å². The first-order valence-corrected chi connectivity index (χ1v) is 1.89. The van der Waals surface area contributed by atoms with Gasteiger partial charge >= 0.3 is 68.9 Å². The summed E-state index contributed by atoms with van der Waals surface area (Å²) in [5, 5.41) is 0. The van der Waals surface area contributed by atoms with Crippen LogP contribution in [0.5, 0.6) is 0 Å². The third-order valence-corrected chi connectivity index (χ3v) is 0.493. The van der Waals surface area contributed by atoms with E-state index in [4.69, 9.17) is 0 Å². The quantitative estimate of drug-likeness (QED) is 0.502. The van der Waals surface area contributed by atoms with Gasteiger partial charge in [0.15, 0.2) is 0 Å². The van der Waals surface area contributed by atoms with Crippen LogP contribution in [0.2, 0.25) is 0 Å². The largest absolute Gasteiger partial charge is 1.00 e. The topological polar surface area (TPSA) is 0 Å². The van der Waals surface area contributed by atoms with Crippen LogP contribution < -0.4 is 68.9 Å². The molecule has 0 rings (SSSR count). The van der Waals surface area contributed by atoms with Crippen LogP contribution in [0.3, 0.4) is 0 Å². The molecule has 1 unspecified atom stereocenters. The van der Waals surface area contributed by atoms with Gasteiger partial charge in [-0.2, -0.15) is 0 Å². The molecule has 0 aliphatic heterocycles. The second-order valence-corrected chi connectivity index (χ2v) is 1.39. The molecule has 0 aromatic rings. The predicted molar refractivity (Wildman–Crippen MR) is 30.9 cm³/mol. The summed E-state index contributed by atoms with van der Waals surface area (Å²) in [6.07, 6.45) is 0.944. The first-order chi connectivity index (χ1) is 2.27. The van der Waals surface area contributed by atoms with Gasteiger partial charge in [-0.05, 0) is 0 Å². The van der Waals surface area contributed by atoms with E-state index in [9.17, 15) is 0 Å². The van der Waals surface area contributed by atoms with Crippen LogP contribution in [0.25, 0.3) is 0 Å². The fourth-order valence-electron chi connectivity index (χ4n) is 0. The molecule has 0 nitrogen and oxygen atoms in total. The molecule has 0 aliphatic rings. The Morgan fingerprint density at radius 1 is 1.57 bits per heavy atom. The summed E-state index contributed by atoms with van der Waals surface area (Å²) in [5.41, 5.74) is 0. The average Bonchev–Trinajstić information content (AvgIpc) is 1.38. The Labute approximate surface area is 107 Å². The molecule has 1 atom stereocenters. The van der Waals surface area contributed by atoms with E-state index < -0.39 is 0 Å². The third-order valence-electron chi connectivity index (χ3n) is 0.493. The van der Waals surface area contributed by atoms with Crippen molar-refractivity contribution in [2.75, 3.05) is 0 Å². The van der Waals surface area contributed by atoms with Crippen molar-refractivity contribution in [2.24, 2.45) is 5.92 Å². The van der Waals surface area contributed by atoms with Gasteiger partial charge in [0.1, 0.15) is 0 Å². The molecule has 0 amide bonds. The van der Waals surface area contributed by atoms with Crippen molar-refractivity contribution in [1.82, 2.24) is 0 Å². The normalized spacial score (nSPS) is 10.7. The van der Waals surface area contributed by atoms with Gasteiger partial charge in [-0.25, -0.2) is 12.3 Å². The van der Waals surface area contributed by atoms with E-state index in [1.807, 2.05) is 6.92 Å². The zero-order valence-electron chi connectivity index (χ0n) is 5.70. The van der Waals surface area contributed by atoms with Crippen LogP contribution in [0.4, 0.5) is 0 Å². The SMILES string of the molecule is [CH2-]CC([CH2-])C.[CH3-].[Cs+]. The number of rotatable bonds is 1. The predicted octanol–water partition coefficient (Wildman–Crippen LogP) is -0.865. The van der Waals surface area contributed by atoms with E-state index in [-0.39, 0.29) is 76.3 Å². The van der Waals surface area contributed by atoms with Gasteiger partial charge < -0.3 is 21.3 Å². The zero-order chi connectivity index (χ0) is 4.28. The number of hydrogen-bond donors (Lipinski definition) is 0. The molecule has 0 aliphatic carbocycles. The van der Waals surface area contributed by atoms with Gasteiger partial charge in [0.2, 0.25) is 0 Å². The summed E-state index contributed by atoms with van der Waals surface area (Å²) < 4.78 is 0. The monoisotopic (exact) mass is 218 g/mol. The molecule has 0 heterocycles. The van der Waals surface area contributed by atoms with Crippen molar-refractivity contribution in [3.05, 3.63) is 21.3 Å². The van der Waals surface area contributed by atoms with Gasteiger partial charge in [-0.3, -0.25) is 0 Å². The summed E-state index contributed by atoms with van der Waals surface area (Å²) in [6.45, 7) is 9.37. The Balaban J connectivity index is -0.0000000800. The second-order valence-electron chi connectivity index (χ2n) is 1.39. The van der Waals surface area contributed by atoms with Crippen LogP contribution in [0, 0.1) is 27.2 Å². The first-order valence-electron chi connectivity index (χ1n) is 1.89. The van der Waals surface area contributed by atoms with E-state index >= 15 is 0 Å². The molecule has 0 N–H and O–H groups in total. The molecule has 0 saturated heterocycles. The van der Waals surface area contributed by atoms with Crippen molar-refractivity contribution in [2.45, 2.75) is 13.3 Å². The molecule has 0 spiro atoms. The summed E-state index contributed by atoms with van der Waals surface area (Å²) in [7, 11) is 0. The van der Waals surface area contributed by atoms with Crippen molar-refractivity contribution < 1.29 is 68.9 Å². The first kappa shape index (κ1) is 16.0. The summed E-state index contributed by atoms with van der Waals surface area (Å²) >= 11 is 0. The minimum absolute atomic E-state index is 0. The Morgan fingerprint density at radius 3 is 1.71 bits per heavy atom. The Bertz CT molecular complexity index is 18.1. The van der Waals surface area contributed by atoms with Gasteiger partial charge in [0.05, 0.1) is 0 Å². The maximum Gasteiger partial charge on any atom is 1.00 e. The molecule has 1 heteroatoms. The van der Waals surface area contributed by atoms with Gasteiger partial charge in [-0.15, -0.1) is 0 Å². The zero-order valence-corrected chi connectivity index (χ0v) is 12.0. The summed E-state index contributed by atoms with van der Waals surface area (Å²) in [6, 6.07) is 0. The molecular formula is C6H13Cs-2. The van der Waals surface area contributed by atoms with E-state index in [0.29, 0.717) is 5.92 Å². The molecule has 0 saturated carbocycles. The smallest absolute Gasteiger partial charge is 0.358 e. The Kier molecular flexibility index (Phi) is 25.0. The van der Waals surface area contributed by atoms with E-state index in [1.54, 1.807) is 0 Å². The van der Waals surface area contributed by atoms with Crippen molar-refractivity contribution in [3.63, 3.8) is 0 Å². The minimum Gasteiger partial charge on any atom is -0.358 e. The Morgan fingerprint density at radius 2 is 1.71 bits per heavy atom. The maximum absolute atomic E-state index is 3.69. The third kappa shape index (κ3) is 18.0. The van der Waals surface area contributed by atoms with Gasteiger partial charge in [0.25, 0.3) is 0 Å². The standard InChI is InChI=1S/C5H10.CH3.Cs/c1-4-5(2)3;;/h5H,1-2,4H2,3H3;1H3;/q-2;-1;+1. The summed E-state index contributed by atoms with van der Waals surface area (Å²) in [4.78, 5) is 0. The maximum atomic E-state index is 3.69. The van der Waals surface area contributed by atoms with Crippen molar-refractivity contribution >= 4 is 0 Å².